The van der Waals surface area contributed by atoms with Crippen molar-refractivity contribution in [1.82, 2.24) is 4.31 Å². The highest BCUT2D eigenvalue weighted by atomic mass is 32.2. The van der Waals surface area contributed by atoms with Gasteiger partial charge in [0.15, 0.2) is 0 Å². The Morgan fingerprint density at radius 1 is 1.07 bits per heavy atom. The first-order valence-corrected chi connectivity index (χ1v) is 10.1. The highest BCUT2D eigenvalue weighted by Gasteiger charge is 2.30. The number of carbonyl (C=O) groups excluding carboxylic acids is 2. The van der Waals surface area contributed by atoms with Gasteiger partial charge in [-0.3, -0.25) is 4.79 Å². The lowest BCUT2D eigenvalue weighted by Gasteiger charge is -2.25. The molecule has 1 atom stereocenters. The van der Waals surface area contributed by atoms with Gasteiger partial charge in [0.2, 0.25) is 15.9 Å². The zero-order valence-electron chi connectivity index (χ0n) is 15.4. The lowest BCUT2D eigenvalue weighted by Crippen LogP contribution is -2.38. The molecule has 0 bridgehead atoms. The van der Waals surface area contributed by atoms with Crippen LogP contribution in [0.2, 0.25) is 0 Å². The second-order valence-electron chi connectivity index (χ2n) is 5.88. The predicted octanol–water partition coefficient (Wildman–Crippen LogP) is 2.43. The van der Waals surface area contributed by atoms with E-state index in [0.29, 0.717) is 16.8 Å². The van der Waals surface area contributed by atoms with Gasteiger partial charge in [0.05, 0.1) is 18.4 Å². The summed E-state index contributed by atoms with van der Waals surface area (Å²) in [4.78, 5) is 24.5. The number of rotatable bonds is 7. The molecule has 0 aliphatic carbocycles. The summed E-state index contributed by atoms with van der Waals surface area (Å²) >= 11 is 0. The van der Waals surface area contributed by atoms with Gasteiger partial charge in [-0.1, -0.05) is 30.3 Å². The summed E-state index contributed by atoms with van der Waals surface area (Å²) in [5, 5.41) is 2.69. The number of esters is 1. The number of benzene rings is 2. The van der Waals surface area contributed by atoms with Crippen LogP contribution < -0.4 is 5.32 Å². The van der Waals surface area contributed by atoms with Crippen molar-refractivity contribution in [2.75, 3.05) is 25.2 Å². The number of carbonyl (C=O) groups is 2. The summed E-state index contributed by atoms with van der Waals surface area (Å²) in [6.07, 6.45) is 1.05. The van der Waals surface area contributed by atoms with Crippen LogP contribution in [0.15, 0.2) is 54.6 Å². The molecule has 7 nitrogen and oxygen atoms in total. The molecule has 0 aliphatic rings. The van der Waals surface area contributed by atoms with Crippen molar-refractivity contribution >= 4 is 27.6 Å². The molecule has 0 saturated heterocycles. The fraction of sp³-hybridized carbons (Fsp3) is 0.263. The Morgan fingerprint density at radius 2 is 1.67 bits per heavy atom. The number of hydrogen-bond acceptors (Lipinski definition) is 5. The summed E-state index contributed by atoms with van der Waals surface area (Å²) in [6.45, 7) is 1.99. The highest BCUT2D eigenvalue weighted by molar-refractivity contribution is 7.88. The average molecular weight is 390 g/mol. The van der Waals surface area contributed by atoms with Crippen LogP contribution in [0.3, 0.4) is 0 Å². The maximum Gasteiger partial charge on any atom is 0.338 e. The van der Waals surface area contributed by atoms with E-state index in [1.54, 1.807) is 49.4 Å². The topological polar surface area (TPSA) is 92.8 Å². The number of anilines is 1. The quantitative estimate of drug-likeness (QED) is 0.733. The van der Waals surface area contributed by atoms with E-state index >= 15 is 0 Å². The molecule has 1 amide bonds. The second-order valence-corrected chi connectivity index (χ2v) is 7.92. The zero-order chi connectivity index (χ0) is 20.0. The predicted molar refractivity (Wildman–Crippen MR) is 103 cm³/mol. The van der Waals surface area contributed by atoms with Gasteiger partial charge in [0.25, 0.3) is 0 Å². The molecule has 0 aromatic heterocycles. The fourth-order valence-electron chi connectivity index (χ4n) is 2.47. The van der Waals surface area contributed by atoms with E-state index in [0.717, 1.165) is 10.6 Å². The molecule has 2 rings (SSSR count). The van der Waals surface area contributed by atoms with E-state index in [1.807, 2.05) is 0 Å². The molecule has 2 aromatic carbocycles. The van der Waals surface area contributed by atoms with Crippen LogP contribution in [0.4, 0.5) is 5.69 Å². The Balaban J connectivity index is 2.25. The van der Waals surface area contributed by atoms with Crippen LogP contribution in [0.1, 0.15) is 28.9 Å². The number of nitrogens with zero attached hydrogens (tertiary/aromatic N) is 1. The van der Waals surface area contributed by atoms with E-state index in [2.05, 4.69) is 5.32 Å². The maximum absolute atomic E-state index is 12.8. The molecule has 144 valence electrons. The number of likely N-dealkylation sites (N-methyl/N-ethyl adjacent to an activating group) is 1. The van der Waals surface area contributed by atoms with Gasteiger partial charge in [0.1, 0.15) is 6.04 Å². The molecular weight excluding hydrogens is 368 g/mol. The lowest BCUT2D eigenvalue weighted by molar-refractivity contribution is -0.119. The third-order valence-electron chi connectivity index (χ3n) is 3.91. The second kappa shape index (κ2) is 8.79. The standard InChI is InChI=1S/C19H22N2O5S/c1-4-26-19(23)15-10-12-16(13-11-15)20-18(22)17(21(2)27(3,24)25)14-8-6-5-7-9-14/h5-13,17H,4H2,1-3H3,(H,20,22). The van der Waals surface area contributed by atoms with Crippen molar-refractivity contribution in [2.24, 2.45) is 0 Å². The molecule has 1 unspecified atom stereocenters. The third-order valence-corrected chi connectivity index (χ3v) is 5.17. The first-order valence-electron chi connectivity index (χ1n) is 8.30. The minimum absolute atomic E-state index is 0.272. The Morgan fingerprint density at radius 3 is 2.19 bits per heavy atom. The van der Waals surface area contributed by atoms with Crippen molar-refractivity contribution in [2.45, 2.75) is 13.0 Å². The van der Waals surface area contributed by atoms with Crippen molar-refractivity contribution < 1.29 is 22.7 Å². The number of hydrogen-bond donors (Lipinski definition) is 1. The van der Waals surface area contributed by atoms with Gasteiger partial charge >= 0.3 is 5.97 Å². The van der Waals surface area contributed by atoms with Crippen LogP contribution in [0.25, 0.3) is 0 Å². The van der Waals surface area contributed by atoms with Gasteiger partial charge in [-0.05, 0) is 36.8 Å². The molecular formula is C19H22N2O5S. The molecule has 1 N–H and O–H groups in total. The van der Waals surface area contributed by atoms with Gasteiger partial charge < -0.3 is 10.1 Å². The monoisotopic (exact) mass is 390 g/mol. The van der Waals surface area contributed by atoms with Gasteiger partial charge in [0, 0.05) is 12.7 Å². The van der Waals surface area contributed by atoms with E-state index in [9.17, 15) is 18.0 Å². The maximum atomic E-state index is 12.8. The summed E-state index contributed by atoms with van der Waals surface area (Å²) in [7, 11) is -2.24. The Hall–Kier alpha value is -2.71. The zero-order valence-corrected chi connectivity index (χ0v) is 16.2. The molecule has 0 aliphatic heterocycles. The van der Waals surface area contributed by atoms with E-state index in [4.69, 9.17) is 4.74 Å². The summed E-state index contributed by atoms with van der Waals surface area (Å²) in [6, 6.07) is 13.8. The number of nitrogens with one attached hydrogen (secondary N) is 1. The van der Waals surface area contributed by atoms with Crippen LogP contribution in [-0.2, 0) is 19.6 Å². The third kappa shape index (κ3) is 5.38. The summed E-state index contributed by atoms with van der Waals surface area (Å²) in [5.41, 5.74) is 1.35. The lowest BCUT2D eigenvalue weighted by atomic mass is 10.1. The Labute approximate surface area is 159 Å². The smallest absolute Gasteiger partial charge is 0.338 e. The Bertz CT molecular complexity index is 895. The number of sulfonamides is 1. The molecule has 8 heteroatoms. The summed E-state index contributed by atoms with van der Waals surface area (Å²) < 4.78 is 29.9. The number of amides is 1. The molecule has 27 heavy (non-hydrogen) atoms. The van der Waals surface area contributed by atoms with E-state index < -0.39 is 27.9 Å². The first kappa shape index (κ1) is 20.6. The van der Waals surface area contributed by atoms with E-state index in [-0.39, 0.29) is 6.61 Å². The van der Waals surface area contributed by atoms with Gasteiger partial charge in [-0.25, -0.2) is 13.2 Å². The van der Waals surface area contributed by atoms with Crippen molar-refractivity contribution in [3.63, 3.8) is 0 Å². The van der Waals surface area contributed by atoms with Crippen molar-refractivity contribution in [3.05, 3.63) is 65.7 Å². The van der Waals surface area contributed by atoms with Crippen molar-refractivity contribution in [1.29, 1.82) is 0 Å². The van der Waals surface area contributed by atoms with E-state index in [1.165, 1.54) is 19.2 Å². The molecule has 0 spiro atoms. The fourth-order valence-corrected chi connectivity index (χ4v) is 3.07. The van der Waals surface area contributed by atoms with Crippen molar-refractivity contribution in [3.8, 4) is 0 Å². The van der Waals surface area contributed by atoms with Gasteiger partial charge in [-0.15, -0.1) is 0 Å². The summed E-state index contributed by atoms with van der Waals surface area (Å²) in [5.74, 6) is -0.952. The molecule has 0 fully saturated rings. The van der Waals surface area contributed by atoms with Gasteiger partial charge in [-0.2, -0.15) is 4.31 Å². The van der Waals surface area contributed by atoms with Crippen LogP contribution in [0, 0.1) is 0 Å². The first-order chi connectivity index (χ1) is 12.7. The Kier molecular flexibility index (Phi) is 6.70. The van der Waals surface area contributed by atoms with Crippen LogP contribution in [-0.4, -0.2) is 44.5 Å². The number of ether oxygens (including phenoxy) is 1. The minimum Gasteiger partial charge on any atom is -0.462 e. The molecule has 0 radical (unpaired) electrons. The normalized spacial score (nSPS) is 12.4. The van der Waals surface area contributed by atoms with Crippen LogP contribution >= 0.6 is 0 Å². The average Bonchev–Trinajstić information content (AvgIpc) is 2.63. The minimum atomic E-state index is -3.60. The molecule has 0 saturated carbocycles. The SMILES string of the molecule is CCOC(=O)c1ccc(NC(=O)C(c2ccccc2)N(C)S(C)(=O)=O)cc1. The largest absolute Gasteiger partial charge is 0.462 e. The molecule has 2 aromatic rings. The van der Waals surface area contributed by atoms with Crippen LogP contribution in [0.5, 0.6) is 0 Å². The molecule has 0 heterocycles. The highest BCUT2D eigenvalue weighted by Crippen LogP contribution is 2.24.